The van der Waals surface area contributed by atoms with Crippen molar-refractivity contribution in [3.05, 3.63) is 42.2 Å². The number of nitrogens with one attached hydrogen (secondary N) is 1. The number of nitrogens with zero attached hydrogens (tertiary/aromatic N) is 2. The topological polar surface area (TPSA) is 82.2 Å². The van der Waals surface area contributed by atoms with Crippen molar-refractivity contribution in [2.45, 2.75) is 13.1 Å². The summed E-state index contributed by atoms with van der Waals surface area (Å²) in [5.74, 6) is 0.650. The fourth-order valence-electron chi connectivity index (χ4n) is 1.65. The monoisotopic (exact) mass is 260 g/mol. The van der Waals surface area contributed by atoms with Crippen LogP contribution < -0.4 is 15.8 Å². The first-order chi connectivity index (χ1) is 9.17. The number of nitrogen functional groups attached to an aromatic ring is 1. The fourth-order valence-corrected chi connectivity index (χ4v) is 1.65. The SMILES string of the molecule is COc1cccc(CNC(=O)Cn2cc(N)cn2)c1. The van der Waals surface area contributed by atoms with Crippen molar-refractivity contribution in [3.8, 4) is 5.75 Å². The van der Waals surface area contributed by atoms with Gasteiger partial charge in [0.15, 0.2) is 0 Å². The number of methoxy groups -OCH3 is 1. The summed E-state index contributed by atoms with van der Waals surface area (Å²) in [5.41, 5.74) is 7.04. The van der Waals surface area contributed by atoms with Gasteiger partial charge >= 0.3 is 0 Å². The van der Waals surface area contributed by atoms with Gasteiger partial charge in [-0.25, -0.2) is 0 Å². The second-order valence-corrected chi connectivity index (χ2v) is 4.10. The van der Waals surface area contributed by atoms with Gasteiger partial charge in [-0.3, -0.25) is 9.48 Å². The Bertz CT molecular complexity index is 565. The minimum absolute atomic E-state index is 0.120. The molecule has 19 heavy (non-hydrogen) atoms. The van der Waals surface area contributed by atoms with E-state index in [4.69, 9.17) is 10.5 Å². The van der Waals surface area contributed by atoms with Gasteiger partial charge in [-0.05, 0) is 17.7 Å². The molecule has 0 fully saturated rings. The maximum atomic E-state index is 11.7. The van der Waals surface area contributed by atoms with Gasteiger partial charge in [0.05, 0.1) is 19.0 Å². The minimum atomic E-state index is -0.120. The molecule has 6 nitrogen and oxygen atoms in total. The van der Waals surface area contributed by atoms with Crippen molar-refractivity contribution in [1.82, 2.24) is 15.1 Å². The van der Waals surface area contributed by atoms with Crippen molar-refractivity contribution in [1.29, 1.82) is 0 Å². The van der Waals surface area contributed by atoms with Crippen LogP contribution in [0.25, 0.3) is 0 Å². The van der Waals surface area contributed by atoms with E-state index in [2.05, 4.69) is 10.4 Å². The average molecular weight is 260 g/mol. The summed E-state index contributed by atoms with van der Waals surface area (Å²) in [7, 11) is 1.61. The summed E-state index contributed by atoms with van der Waals surface area (Å²) in [4.78, 5) is 11.7. The van der Waals surface area contributed by atoms with E-state index in [0.29, 0.717) is 12.2 Å². The lowest BCUT2D eigenvalue weighted by Crippen LogP contribution is -2.27. The zero-order chi connectivity index (χ0) is 13.7. The Hall–Kier alpha value is -2.50. The number of aromatic nitrogens is 2. The van der Waals surface area contributed by atoms with Crippen LogP contribution in [0.4, 0.5) is 5.69 Å². The van der Waals surface area contributed by atoms with Crippen LogP contribution in [0.15, 0.2) is 36.7 Å². The molecule has 2 rings (SSSR count). The molecule has 0 saturated carbocycles. The fraction of sp³-hybridized carbons (Fsp3) is 0.231. The van der Waals surface area contributed by atoms with Gasteiger partial charge in [0, 0.05) is 12.7 Å². The van der Waals surface area contributed by atoms with Crippen LogP contribution in [0, 0.1) is 0 Å². The minimum Gasteiger partial charge on any atom is -0.497 e. The van der Waals surface area contributed by atoms with Gasteiger partial charge in [0.25, 0.3) is 0 Å². The number of amides is 1. The Morgan fingerprint density at radius 2 is 2.37 bits per heavy atom. The molecule has 0 atom stereocenters. The first-order valence-electron chi connectivity index (χ1n) is 5.85. The molecule has 3 N–H and O–H groups in total. The second kappa shape index (κ2) is 5.90. The van der Waals surface area contributed by atoms with Crippen LogP contribution in [-0.2, 0) is 17.9 Å². The third-order valence-corrected chi connectivity index (χ3v) is 2.58. The van der Waals surface area contributed by atoms with Crippen molar-refractivity contribution in [2.24, 2.45) is 0 Å². The number of hydrogen-bond donors (Lipinski definition) is 2. The lowest BCUT2D eigenvalue weighted by Gasteiger charge is -2.07. The van der Waals surface area contributed by atoms with E-state index in [1.807, 2.05) is 24.3 Å². The molecule has 0 aliphatic rings. The van der Waals surface area contributed by atoms with Crippen LogP contribution in [0.3, 0.4) is 0 Å². The number of carbonyl (C=O) groups is 1. The Labute approximate surface area is 111 Å². The molecule has 0 aliphatic carbocycles. The number of ether oxygens (including phenoxy) is 1. The first-order valence-corrected chi connectivity index (χ1v) is 5.85. The Kier molecular flexibility index (Phi) is 4.02. The largest absolute Gasteiger partial charge is 0.497 e. The predicted molar refractivity (Wildman–Crippen MR) is 71.5 cm³/mol. The van der Waals surface area contributed by atoms with Gasteiger partial charge in [0.2, 0.25) is 5.91 Å². The number of nitrogens with two attached hydrogens (primary N) is 1. The zero-order valence-corrected chi connectivity index (χ0v) is 10.7. The molecule has 0 radical (unpaired) electrons. The summed E-state index contributed by atoms with van der Waals surface area (Å²) in [6.45, 7) is 0.605. The smallest absolute Gasteiger partial charge is 0.241 e. The molecular formula is C13H16N4O2. The highest BCUT2D eigenvalue weighted by atomic mass is 16.5. The molecule has 1 aromatic carbocycles. The van der Waals surface area contributed by atoms with Gasteiger partial charge in [-0.15, -0.1) is 0 Å². The summed E-state index contributed by atoms with van der Waals surface area (Å²) in [6, 6.07) is 7.55. The Morgan fingerprint density at radius 3 is 3.05 bits per heavy atom. The molecule has 0 bridgehead atoms. The highest BCUT2D eigenvalue weighted by Gasteiger charge is 2.04. The maximum absolute atomic E-state index is 11.7. The van der Waals surface area contributed by atoms with Crippen molar-refractivity contribution >= 4 is 11.6 Å². The molecule has 0 aliphatic heterocycles. The zero-order valence-electron chi connectivity index (χ0n) is 10.7. The van der Waals surface area contributed by atoms with E-state index in [-0.39, 0.29) is 12.5 Å². The molecular weight excluding hydrogens is 244 g/mol. The van der Waals surface area contributed by atoms with E-state index in [9.17, 15) is 4.79 Å². The number of benzene rings is 1. The van der Waals surface area contributed by atoms with E-state index in [1.54, 1.807) is 13.3 Å². The molecule has 1 heterocycles. The molecule has 1 amide bonds. The summed E-state index contributed by atoms with van der Waals surface area (Å²) >= 11 is 0. The van der Waals surface area contributed by atoms with Crippen LogP contribution in [0.1, 0.15) is 5.56 Å². The second-order valence-electron chi connectivity index (χ2n) is 4.10. The number of hydrogen-bond acceptors (Lipinski definition) is 4. The quantitative estimate of drug-likeness (QED) is 0.832. The Morgan fingerprint density at radius 1 is 1.53 bits per heavy atom. The van der Waals surface area contributed by atoms with Gasteiger partial charge in [-0.2, -0.15) is 5.10 Å². The third kappa shape index (κ3) is 3.74. The summed E-state index contributed by atoms with van der Waals surface area (Å²) < 4.78 is 6.62. The summed E-state index contributed by atoms with van der Waals surface area (Å²) in [6.07, 6.45) is 3.13. The van der Waals surface area contributed by atoms with Crippen molar-refractivity contribution in [2.75, 3.05) is 12.8 Å². The maximum Gasteiger partial charge on any atom is 0.241 e. The van der Waals surface area contributed by atoms with Crippen molar-refractivity contribution < 1.29 is 9.53 Å². The third-order valence-electron chi connectivity index (χ3n) is 2.58. The van der Waals surface area contributed by atoms with E-state index >= 15 is 0 Å². The highest BCUT2D eigenvalue weighted by Crippen LogP contribution is 2.12. The predicted octanol–water partition coefficient (Wildman–Crippen LogP) is 0.790. The summed E-state index contributed by atoms with van der Waals surface area (Å²) in [5, 5.41) is 6.76. The normalized spacial score (nSPS) is 10.2. The van der Waals surface area contributed by atoms with Gasteiger partial charge in [0.1, 0.15) is 12.3 Å². The van der Waals surface area contributed by atoms with E-state index in [0.717, 1.165) is 11.3 Å². The molecule has 0 saturated heterocycles. The van der Waals surface area contributed by atoms with Crippen molar-refractivity contribution in [3.63, 3.8) is 0 Å². The average Bonchev–Trinajstić information content (AvgIpc) is 2.82. The highest BCUT2D eigenvalue weighted by molar-refractivity contribution is 5.75. The van der Waals surface area contributed by atoms with Crippen LogP contribution >= 0.6 is 0 Å². The molecule has 0 spiro atoms. The first kappa shape index (κ1) is 12.9. The van der Waals surface area contributed by atoms with Crippen LogP contribution in [0.2, 0.25) is 0 Å². The van der Waals surface area contributed by atoms with Crippen LogP contribution in [-0.4, -0.2) is 22.8 Å². The Balaban J connectivity index is 1.86. The molecule has 2 aromatic rings. The molecule has 0 unspecified atom stereocenters. The van der Waals surface area contributed by atoms with Gasteiger partial charge in [-0.1, -0.05) is 12.1 Å². The lowest BCUT2D eigenvalue weighted by molar-refractivity contribution is -0.122. The molecule has 100 valence electrons. The number of rotatable bonds is 5. The standard InChI is InChI=1S/C13H16N4O2/c1-19-12-4-2-3-10(5-12)6-15-13(18)9-17-8-11(14)7-16-17/h2-5,7-8H,6,9,14H2,1H3,(H,15,18). The number of carbonyl (C=O) groups excluding carboxylic acids is 1. The van der Waals surface area contributed by atoms with Crippen LogP contribution in [0.5, 0.6) is 5.75 Å². The van der Waals surface area contributed by atoms with E-state index in [1.165, 1.54) is 10.9 Å². The molecule has 6 heteroatoms. The lowest BCUT2D eigenvalue weighted by atomic mass is 10.2. The van der Waals surface area contributed by atoms with E-state index < -0.39 is 0 Å². The number of anilines is 1. The van der Waals surface area contributed by atoms with Gasteiger partial charge < -0.3 is 15.8 Å². The molecule has 1 aromatic heterocycles.